The maximum absolute atomic E-state index is 13.5. The first-order chi connectivity index (χ1) is 7.72. The van der Waals surface area contributed by atoms with Gasteiger partial charge in [0.25, 0.3) is 0 Å². The molecule has 0 saturated carbocycles. The Morgan fingerprint density at radius 3 is 2.88 bits per heavy atom. The number of aryl methyl sites for hydroxylation is 1. The van der Waals surface area contributed by atoms with E-state index in [4.69, 9.17) is 0 Å². The molecule has 1 aromatic carbocycles. The smallest absolute Gasteiger partial charge is 0.165 e. The Morgan fingerprint density at radius 1 is 1.44 bits per heavy atom. The summed E-state index contributed by atoms with van der Waals surface area (Å²) in [7, 11) is 0. The second-order valence-corrected chi connectivity index (χ2v) is 4.37. The number of piperidine rings is 1. The van der Waals surface area contributed by atoms with Crippen molar-refractivity contribution in [1.82, 2.24) is 5.32 Å². The minimum absolute atomic E-state index is 0.106. The molecule has 1 heterocycles. The van der Waals surface area contributed by atoms with Crippen molar-refractivity contribution in [3.05, 3.63) is 29.1 Å². The second kappa shape index (κ2) is 4.83. The zero-order valence-electron chi connectivity index (χ0n) is 9.59. The van der Waals surface area contributed by atoms with Gasteiger partial charge in [-0.25, -0.2) is 4.39 Å². The standard InChI is InChI=1S/C13H18FNO/c1-2-9-7-10(13(16)11(14)8-9)12-5-3-4-6-15-12/h7-8,12,15-16H,2-6H2,1H3. The molecule has 0 bridgehead atoms. The van der Waals surface area contributed by atoms with E-state index in [1.165, 1.54) is 6.07 Å². The largest absolute Gasteiger partial charge is 0.505 e. The summed E-state index contributed by atoms with van der Waals surface area (Å²) in [5.74, 6) is -0.682. The number of phenols is 1. The van der Waals surface area contributed by atoms with Crippen molar-refractivity contribution in [1.29, 1.82) is 0 Å². The van der Waals surface area contributed by atoms with Gasteiger partial charge < -0.3 is 10.4 Å². The number of halogens is 1. The van der Waals surface area contributed by atoms with Gasteiger partial charge in [-0.3, -0.25) is 0 Å². The predicted molar refractivity (Wildman–Crippen MR) is 62.0 cm³/mol. The van der Waals surface area contributed by atoms with Crippen LogP contribution in [0.2, 0.25) is 0 Å². The van der Waals surface area contributed by atoms with Crippen LogP contribution in [0.15, 0.2) is 12.1 Å². The van der Waals surface area contributed by atoms with E-state index in [2.05, 4.69) is 5.32 Å². The van der Waals surface area contributed by atoms with Crippen molar-refractivity contribution in [2.24, 2.45) is 0 Å². The van der Waals surface area contributed by atoms with Gasteiger partial charge in [-0.1, -0.05) is 19.4 Å². The molecule has 3 heteroatoms. The van der Waals surface area contributed by atoms with Gasteiger partial charge in [0.05, 0.1) is 0 Å². The zero-order valence-corrected chi connectivity index (χ0v) is 9.59. The molecule has 1 fully saturated rings. The van der Waals surface area contributed by atoms with Crippen LogP contribution in [0.5, 0.6) is 5.75 Å². The molecular weight excluding hydrogens is 205 g/mol. The molecule has 88 valence electrons. The number of nitrogens with one attached hydrogen (secondary N) is 1. The fourth-order valence-electron chi connectivity index (χ4n) is 2.27. The van der Waals surface area contributed by atoms with Crippen molar-refractivity contribution in [3.8, 4) is 5.75 Å². The molecule has 0 spiro atoms. The molecule has 16 heavy (non-hydrogen) atoms. The molecule has 2 nitrogen and oxygen atoms in total. The van der Waals surface area contributed by atoms with Crippen molar-refractivity contribution in [3.63, 3.8) is 0 Å². The normalized spacial score (nSPS) is 21.0. The number of rotatable bonds is 2. The zero-order chi connectivity index (χ0) is 11.5. The van der Waals surface area contributed by atoms with E-state index in [1.54, 1.807) is 0 Å². The summed E-state index contributed by atoms with van der Waals surface area (Å²) in [6.07, 6.45) is 4.05. The summed E-state index contributed by atoms with van der Waals surface area (Å²) < 4.78 is 13.5. The highest BCUT2D eigenvalue weighted by Crippen LogP contribution is 2.32. The maximum atomic E-state index is 13.5. The first kappa shape index (κ1) is 11.4. The Labute approximate surface area is 95.5 Å². The number of hydrogen-bond donors (Lipinski definition) is 2. The number of phenolic OH excluding ortho intramolecular Hbond substituents is 1. The van der Waals surface area contributed by atoms with Crippen molar-refractivity contribution >= 4 is 0 Å². The van der Waals surface area contributed by atoms with Crippen molar-refractivity contribution in [2.75, 3.05) is 6.54 Å². The third-order valence-corrected chi connectivity index (χ3v) is 3.25. The molecule has 1 aliphatic heterocycles. The highest BCUT2D eigenvalue weighted by Gasteiger charge is 2.20. The van der Waals surface area contributed by atoms with Crippen LogP contribution in [0, 0.1) is 5.82 Å². The molecule has 1 atom stereocenters. The number of benzene rings is 1. The van der Waals surface area contributed by atoms with E-state index in [0.29, 0.717) is 0 Å². The summed E-state index contributed by atoms with van der Waals surface area (Å²) in [6, 6.07) is 3.44. The van der Waals surface area contributed by atoms with Crippen LogP contribution in [0.3, 0.4) is 0 Å². The summed E-state index contributed by atoms with van der Waals surface area (Å²) in [5.41, 5.74) is 1.66. The van der Waals surface area contributed by atoms with Crippen LogP contribution in [0.25, 0.3) is 0 Å². The number of aromatic hydroxyl groups is 1. The minimum Gasteiger partial charge on any atom is -0.505 e. The molecular formula is C13H18FNO. The highest BCUT2D eigenvalue weighted by atomic mass is 19.1. The van der Waals surface area contributed by atoms with Crippen LogP contribution in [-0.4, -0.2) is 11.7 Å². The monoisotopic (exact) mass is 223 g/mol. The molecule has 1 unspecified atom stereocenters. The molecule has 1 aromatic rings. The Hall–Kier alpha value is -1.09. The van der Waals surface area contributed by atoms with Crippen LogP contribution in [0.1, 0.15) is 43.4 Å². The lowest BCUT2D eigenvalue weighted by atomic mass is 9.94. The second-order valence-electron chi connectivity index (χ2n) is 4.37. The highest BCUT2D eigenvalue weighted by molar-refractivity contribution is 5.40. The van der Waals surface area contributed by atoms with E-state index in [0.717, 1.165) is 43.4 Å². The van der Waals surface area contributed by atoms with E-state index >= 15 is 0 Å². The van der Waals surface area contributed by atoms with Gasteiger partial charge in [0.15, 0.2) is 11.6 Å². The Balaban J connectivity index is 2.33. The summed E-state index contributed by atoms with van der Waals surface area (Å²) in [5, 5.41) is 13.1. The summed E-state index contributed by atoms with van der Waals surface area (Å²) >= 11 is 0. The molecule has 0 radical (unpaired) electrons. The predicted octanol–water partition coefficient (Wildman–Crippen LogP) is 2.91. The molecule has 2 rings (SSSR count). The van der Waals surface area contributed by atoms with Gasteiger partial charge in [0, 0.05) is 11.6 Å². The van der Waals surface area contributed by atoms with Crippen molar-refractivity contribution < 1.29 is 9.50 Å². The molecule has 0 aliphatic carbocycles. The fourth-order valence-corrected chi connectivity index (χ4v) is 2.27. The lowest BCUT2D eigenvalue weighted by molar-refractivity contribution is 0.377. The maximum Gasteiger partial charge on any atom is 0.165 e. The Kier molecular flexibility index (Phi) is 3.44. The molecule has 2 N–H and O–H groups in total. The van der Waals surface area contributed by atoms with Gasteiger partial charge in [-0.15, -0.1) is 0 Å². The number of hydrogen-bond acceptors (Lipinski definition) is 2. The van der Waals surface area contributed by atoms with E-state index in [9.17, 15) is 9.50 Å². The van der Waals surface area contributed by atoms with Gasteiger partial charge >= 0.3 is 0 Å². The summed E-state index contributed by atoms with van der Waals surface area (Å²) in [6.45, 7) is 2.94. The van der Waals surface area contributed by atoms with Crippen LogP contribution in [-0.2, 0) is 6.42 Å². The van der Waals surface area contributed by atoms with Gasteiger partial charge in [0.1, 0.15) is 0 Å². The molecule has 1 aliphatic rings. The van der Waals surface area contributed by atoms with Gasteiger partial charge in [-0.05, 0) is 37.4 Å². The molecule has 0 amide bonds. The van der Waals surface area contributed by atoms with Crippen LogP contribution < -0.4 is 5.32 Å². The minimum atomic E-state index is -0.498. The van der Waals surface area contributed by atoms with Crippen LogP contribution >= 0.6 is 0 Å². The lowest BCUT2D eigenvalue weighted by Crippen LogP contribution is -2.27. The average molecular weight is 223 g/mol. The van der Waals surface area contributed by atoms with Gasteiger partial charge in [-0.2, -0.15) is 0 Å². The Morgan fingerprint density at radius 2 is 2.25 bits per heavy atom. The Bertz CT molecular complexity index is 372. The SMILES string of the molecule is CCc1cc(F)c(O)c(C2CCCCN2)c1. The third-order valence-electron chi connectivity index (χ3n) is 3.25. The quantitative estimate of drug-likeness (QED) is 0.808. The van der Waals surface area contributed by atoms with Crippen LogP contribution in [0.4, 0.5) is 4.39 Å². The fraction of sp³-hybridized carbons (Fsp3) is 0.538. The summed E-state index contributed by atoms with van der Waals surface area (Å²) in [4.78, 5) is 0. The third kappa shape index (κ3) is 2.19. The first-order valence-electron chi connectivity index (χ1n) is 5.97. The van der Waals surface area contributed by atoms with E-state index in [-0.39, 0.29) is 11.8 Å². The topological polar surface area (TPSA) is 32.3 Å². The van der Waals surface area contributed by atoms with E-state index < -0.39 is 5.82 Å². The molecule has 0 aromatic heterocycles. The molecule has 1 saturated heterocycles. The van der Waals surface area contributed by atoms with E-state index in [1.807, 2.05) is 13.0 Å². The first-order valence-corrected chi connectivity index (χ1v) is 5.97. The average Bonchev–Trinajstić information content (AvgIpc) is 2.33. The van der Waals surface area contributed by atoms with Crippen molar-refractivity contribution in [2.45, 2.75) is 38.6 Å². The lowest BCUT2D eigenvalue weighted by Gasteiger charge is -2.25. The van der Waals surface area contributed by atoms with Gasteiger partial charge in [0.2, 0.25) is 0 Å².